The van der Waals surface area contributed by atoms with Crippen LogP contribution in [0.1, 0.15) is 25.0 Å². The van der Waals surface area contributed by atoms with Gasteiger partial charge < -0.3 is 0 Å². The van der Waals surface area contributed by atoms with E-state index in [9.17, 15) is 20.2 Å². The van der Waals surface area contributed by atoms with Crippen LogP contribution < -0.4 is 0 Å². The molecular weight excluding hydrogens is 272 g/mol. The summed E-state index contributed by atoms with van der Waals surface area (Å²) < 4.78 is 0. The van der Waals surface area contributed by atoms with Crippen LogP contribution in [0.2, 0.25) is 0 Å². The molecule has 0 aliphatic rings. The minimum absolute atomic E-state index is 0.00556. The molecule has 0 aliphatic heterocycles. The van der Waals surface area contributed by atoms with E-state index in [1.54, 1.807) is 24.3 Å². The molecule has 0 radical (unpaired) electrons. The fourth-order valence-electron chi connectivity index (χ4n) is 2.18. The molecule has 0 bridgehead atoms. The first-order valence-electron chi connectivity index (χ1n) is 6.32. The van der Waals surface area contributed by atoms with Crippen LogP contribution in [0.4, 0.5) is 11.4 Å². The predicted octanol–water partition coefficient (Wildman–Crippen LogP) is 3.83. The maximum absolute atomic E-state index is 10.9. The average molecular weight is 286 g/mol. The third-order valence-corrected chi connectivity index (χ3v) is 3.56. The Balaban J connectivity index is 2.50. The lowest BCUT2D eigenvalue weighted by Gasteiger charge is -2.25. The van der Waals surface area contributed by atoms with Crippen LogP contribution in [0.5, 0.6) is 0 Å². The predicted molar refractivity (Wildman–Crippen MR) is 78.3 cm³/mol. The van der Waals surface area contributed by atoms with Crippen molar-refractivity contribution in [3.63, 3.8) is 0 Å². The maximum atomic E-state index is 10.9. The van der Waals surface area contributed by atoms with Gasteiger partial charge in [-0.15, -0.1) is 0 Å². The minimum atomic E-state index is -0.571. The van der Waals surface area contributed by atoms with Crippen LogP contribution in [0.25, 0.3) is 0 Å². The molecule has 21 heavy (non-hydrogen) atoms. The highest BCUT2D eigenvalue weighted by atomic mass is 16.6. The zero-order valence-electron chi connectivity index (χ0n) is 11.6. The zero-order valence-corrected chi connectivity index (χ0v) is 11.6. The summed E-state index contributed by atoms with van der Waals surface area (Å²) in [4.78, 5) is 20.8. The lowest BCUT2D eigenvalue weighted by atomic mass is 9.78. The van der Waals surface area contributed by atoms with Gasteiger partial charge in [0.2, 0.25) is 0 Å². The van der Waals surface area contributed by atoms with Crippen molar-refractivity contribution in [3.05, 3.63) is 79.9 Å². The molecule has 2 aromatic carbocycles. The van der Waals surface area contributed by atoms with Crippen LogP contribution in [-0.4, -0.2) is 9.85 Å². The first kappa shape index (κ1) is 14.6. The van der Waals surface area contributed by atoms with Gasteiger partial charge in [0.15, 0.2) is 0 Å². The molecule has 0 saturated heterocycles. The zero-order chi connectivity index (χ0) is 15.6. The summed E-state index contributed by atoms with van der Waals surface area (Å²) >= 11 is 0. The van der Waals surface area contributed by atoms with E-state index in [2.05, 4.69) is 0 Å². The second-order valence-corrected chi connectivity index (χ2v) is 5.24. The fraction of sp³-hybridized carbons (Fsp3) is 0.200. The Morgan fingerprint density at radius 3 is 1.52 bits per heavy atom. The van der Waals surface area contributed by atoms with Crippen molar-refractivity contribution in [2.45, 2.75) is 19.3 Å². The lowest BCUT2D eigenvalue weighted by molar-refractivity contribution is -0.385. The third kappa shape index (κ3) is 2.89. The van der Waals surface area contributed by atoms with Crippen LogP contribution in [0.3, 0.4) is 0 Å². The van der Waals surface area contributed by atoms with Crippen molar-refractivity contribution in [2.75, 3.05) is 0 Å². The van der Waals surface area contributed by atoms with Gasteiger partial charge in [-0.05, 0) is 11.1 Å². The van der Waals surface area contributed by atoms with Crippen LogP contribution >= 0.6 is 0 Å². The Kier molecular flexibility index (Phi) is 3.71. The quantitative estimate of drug-likeness (QED) is 0.631. The van der Waals surface area contributed by atoms with Gasteiger partial charge in [-0.1, -0.05) is 38.1 Å². The Morgan fingerprint density at radius 2 is 1.19 bits per heavy atom. The summed E-state index contributed by atoms with van der Waals surface area (Å²) in [6, 6.07) is 12.6. The molecule has 6 heteroatoms. The van der Waals surface area contributed by atoms with E-state index in [1.807, 2.05) is 13.8 Å². The molecule has 0 unspecified atom stereocenters. The number of benzene rings is 2. The molecule has 0 spiro atoms. The van der Waals surface area contributed by atoms with Gasteiger partial charge in [-0.2, -0.15) is 0 Å². The standard InChI is InChI=1S/C15H14N2O4/c1-15(2,11-5-3-7-13(9-11)16(18)19)12-6-4-8-14(10-12)17(20)21/h3-10H,1-2H3. The molecule has 0 saturated carbocycles. The number of hydrogen-bond acceptors (Lipinski definition) is 4. The van der Waals surface area contributed by atoms with Crippen LogP contribution in [0.15, 0.2) is 48.5 Å². The van der Waals surface area contributed by atoms with Gasteiger partial charge in [0.25, 0.3) is 11.4 Å². The normalized spacial score (nSPS) is 11.1. The van der Waals surface area contributed by atoms with E-state index in [-0.39, 0.29) is 11.4 Å². The molecule has 6 nitrogen and oxygen atoms in total. The van der Waals surface area contributed by atoms with Crippen molar-refractivity contribution in [1.29, 1.82) is 0 Å². The van der Waals surface area contributed by atoms with Crippen molar-refractivity contribution < 1.29 is 9.85 Å². The molecule has 0 amide bonds. The molecule has 0 atom stereocenters. The number of nitro benzene ring substituents is 2. The number of hydrogen-bond donors (Lipinski definition) is 0. The van der Waals surface area contributed by atoms with E-state index in [4.69, 9.17) is 0 Å². The lowest BCUT2D eigenvalue weighted by Crippen LogP contribution is -2.19. The number of non-ortho nitro benzene ring substituents is 2. The molecule has 0 fully saturated rings. The van der Waals surface area contributed by atoms with E-state index < -0.39 is 15.3 Å². The van der Waals surface area contributed by atoms with Crippen molar-refractivity contribution in [1.82, 2.24) is 0 Å². The van der Waals surface area contributed by atoms with E-state index in [1.165, 1.54) is 24.3 Å². The first-order valence-corrected chi connectivity index (χ1v) is 6.32. The van der Waals surface area contributed by atoms with E-state index in [0.717, 1.165) is 11.1 Å². The first-order chi connectivity index (χ1) is 9.82. The van der Waals surface area contributed by atoms with Crippen molar-refractivity contribution in [2.24, 2.45) is 0 Å². The minimum Gasteiger partial charge on any atom is -0.258 e. The largest absolute Gasteiger partial charge is 0.269 e. The van der Waals surface area contributed by atoms with Crippen molar-refractivity contribution in [3.8, 4) is 0 Å². The molecule has 0 heterocycles. The molecule has 2 rings (SSSR count). The highest BCUT2D eigenvalue weighted by Crippen LogP contribution is 2.34. The maximum Gasteiger partial charge on any atom is 0.269 e. The molecule has 0 N–H and O–H groups in total. The van der Waals surface area contributed by atoms with Crippen LogP contribution in [0, 0.1) is 20.2 Å². The summed E-state index contributed by atoms with van der Waals surface area (Å²) in [5.74, 6) is 0. The number of nitrogens with zero attached hydrogens (tertiary/aromatic N) is 2. The van der Waals surface area contributed by atoms with Gasteiger partial charge in [0, 0.05) is 29.7 Å². The highest BCUT2D eigenvalue weighted by molar-refractivity contribution is 5.46. The summed E-state index contributed by atoms with van der Waals surface area (Å²) in [5, 5.41) is 21.8. The topological polar surface area (TPSA) is 86.3 Å². The highest BCUT2D eigenvalue weighted by Gasteiger charge is 2.26. The third-order valence-electron chi connectivity index (χ3n) is 3.56. The van der Waals surface area contributed by atoms with E-state index in [0.29, 0.717) is 0 Å². The number of rotatable bonds is 4. The Hall–Kier alpha value is -2.76. The molecule has 0 aromatic heterocycles. The van der Waals surface area contributed by atoms with E-state index >= 15 is 0 Å². The van der Waals surface area contributed by atoms with Crippen molar-refractivity contribution >= 4 is 11.4 Å². The Bertz CT molecular complexity index is 651. The van der Waals surface area contributed by atoms with Gasteiger partial charge in [-0.3, -0.25) is 20.2 Å². The summed E-state index contributed by atoms with van der Waals surface area (Å²) in [5.41, 5.74) is 0.907. The molecule has 0 aliphatic carbocycles. The molecular formula is C15H14N2O4. The summed E-state index contributed by atoms with van der Waals surface area (Å²) in [6.45, 7) is 3.76. The average Bonchev–Trinajstić information content (AvgIpc) is 2.47. The fourth-order valence-corrected chi connectivity index (χ4v) is 2.18. The SMILES string of the molecule is CC(C)(c1cccc([N+](=O)[O-])c1)c1cccc([N+](=O)[O-])c1. The van der Waals surface area contributed by atoms with Gasteiger partial charge >= 0.3 is 0 Å². The van der Waals surface area contributed by atoms with Gasteiger partial charge in [-0.25, -0.2) is 0 Å². The molecule has 2 aromatic rings. The van der Waals surface area contributed by atoms with Crippen LogP contribution in [-0.2, 0) is 5.41 Å². The number of nitro groups is 2. The Labute approximate surface area is 121 Å². The smallest absolute Gasteiger partial charge is 0.258 e. The monoisotopic (exact) mass is 286 g/mol. The summed E-state index contributed by atoms with van der Waals surface area (Å²) in [6.07, 6.45) is 0. The van der Waals surface area contributed by atoms with Gasteiger partial charge in [0.1, 0.15) is 0 Å². The Morgan fingerprint density at radius 1 is 0.810 bits per heavy atom. The summed E-state index contributed by atoms with van der Waals surface area (Å²) in [7, 11) is 0. The van der Waals surface area contributed by atoms with Gasteiger partial charge in [0.05, 0.1) is 9.85 Å². The second-order valence-electron chi connectivity index (χ2n) is 5.24. The molecule has 108 valence electrons. The second kappa shape index (κ2) is 5.32.